The summed E-state index contributed by atoms with van der Waals surface area (Å²) >= 11 is 4.53. The Labute approximate surface area is 176 Å². The zero-order valence-electron chi connectivity index (χ0n) is 14.3. The molecule has 2 N–H and O–H groups in total. The van der Waals surface area contributed by atoms with Crippen molar-refractivity contribution in [3.8, 4) is 5.75 Å². The van der Waals surface area contributed by atoms with Crippen LogP contribution in [-0.4, -0.2) is 32.7 Å². The van der Waals surface area contributed by atoms with Crippen LogP contribution < -0.4 is 15.4 Å². The molecular formula is C19H22I2N2O2. The zero-order chi connectivity index (χ0) is 18.2. The molecule has 25 heavy (non-hydrogen) atoms. The average molecular weight is 564 g/mol. The van der Waals surface area contributed by atoms with Gasteiger partial charge in [0.2, 0.25) is 5.91 Å². The van der Waals surface area contributed by atoms with Crippen LogP contribution in [0, 0.1) is 7.14 Å². The topological polar surface area (TPSA) is 50.4 Å². The van der Waals surface area contributed by atoms with Crippen LogP contribution in [0.1, 0.15) is 11.1 Å². The molecule has 0 aliphatic rings. The van der Waals surface area contributed by atoms with Gasteiger partial charge in [-0.15, -0.1) is 0 Å². The first-order valence-electron chi connectivity index (χ1n) is 8.06. The number of likely N-dealkylation sites (N-methyl/N-ethyl adjacent to an activating group) is 1. The zero-order valence-corrected chi connectivity index (χ0v) is 18.6. The van der Waals surface area contributed by atoms with Crippen molar-refractivity contribution in [3.63, 3.8) is 0 Å². The number of benzene rings is 2. The van der Waals surface area contributed by atoms with E-state index in [1.165, 1.54) is 5.56 Å². The van der Waals surface area contributed by atoms with Crippen molar-refractivity contribution in [1.29, 1.82) is 0 Å². The Morgan fingerprint density at radius 3 is 2.32 bits per heavy atom. The maximum absolute atomic E-state index is 12.5. The molecule has 0 bridgehead atoms. The van der Waals surface area contributed by atoms with Crippen molar-refractivity contribution in [1.82, 2.24) is 10.6 Å². The third kappa shape index (κ3) is 6.10. The Balaban J connectivity index is 1.93. The predicted molar refractivity (Wildman–Crippen MR) is 118 cm³/mol. The molecule has 0 aliphatic heterocycles. The quantitative estimate of drug-likeness (QED) is 0.484. The van der Waals surface area contributed by atoms with Gasteiger partial charge in [-0.3, -0.25) is 4.79 Å². The van der Waals surface area contributed by atoms with Crippen LogP contribution in [-0.2, 0) is 17.6 Å². The van der Waals surface area contributed by atoms with E-state index in [2.05, 4.69) is 80.1 Å². The number of ether oxygens (including phenoxy) is 1. The maximum Gasteiger partial charge on any atom is 0.237 e. The van der Waals surface area contributed by atoms with E-state index in [1.54, 1.807) is 7.11 Å². The minimum Gasteiger partial charge on any atom is -0.495 e. The van der Waals surface area contributed by atoms with Gasteiger partial charge in [0.05, 0.1) is 20.3 Å². The Morgan fingerprint density at radius 2 is 1.76 bits per heavy atom. The smallest absolute Gasteiger partial charge is 0.237 e. The highest BCUT2D eigenvalue weighted by atomic mass is 127. The number of hydrogen-bond acceptors (Lipinski definition) is 3. The van der Waals surface area contributed by atoms with Crippen molar-refractivity contribution in [2.75, 3.05) is 20.7 Å². The summed E-state index contributed by atoms with van der Waals surface area (Å²) in [5.74, 6) is 0.914. The van der Waals surface area contributed by atoms with E-state index in [9.17, 15) is 4.79 Å². The number of rotatable bonds is 8. The molecule has 0 spiro atoms. The van der Waals surface area contributed by atoms with Gasteiger partial charge in [0.25, 0.3) is 0 Å². The molecule has 0 aromatic heterocycles. The normalized spacial score (nSPS) is 11.8. The molecule has 134 valence electrons. The summed E-state index contributed by atoms with van der Waals surface area (Å²) in [6.45, 7) is 0.638. The highest BCUT2D eigenvalue weighted by molar-refractivity contribution is 14.1. The first-order chi connectivity index (χ1) is 12.0. The molecule has 6 heteroatoms. The first kappa shape index (κ1) is 20.4. The third-order valence-electron chi connectivity index (χ3n) is 3.92. The fraction of sp³-hybridized carbons (Fsp3) is 0.316. The van der Waals surface area contributed by atoms with Crippen molar-refractivity contribution in [2.45, 2.75) is 18.9 Å². The van der Waals surface area contributed by atoms with E-state index >= 15 is 0 Å². The van der Waals surface area contributed by atoms with Crippen LogP contribution in [0.15, 0.2) is 42.5 Å². The van der Waals surface area contributed by atoms with Crippen molar-refractivity contribution < 1.29 is 9.53 Å². The Morgan fingerprint density at radius 1 is 1.12 bits per heavy atom. The van der Waals surface area contributed by atoms with E-state index in [1.807, 2.05) is 25.2 Å². The summed E-state index contributed by atoms with van der Waals surface area (Å²) in [5.41, 5.74) is 2.34. The standard InChI is InChI=1S/C19H22I2N2O2/c1-22-17(12-14-10-15(20)18(25-2)16(21)11-14)19(24)23-9-8-13-6-4-3-5-7-13/h3-7,10-11,17,22H,8-9,12H2,1-2H3,(H,23,24)/t17-/m0/s1. The second-order valence-electron chi connectivity index (χ2n) is 5.66. The van der Waals surface area contributed by atoms with Gasteiger partial charge in [-0.1, -0.05) is 30.3 Å². The molecular weight excluding hydrogens is 542 g/mol. The van der Waals surface area contributed by atoms with Crippen LogP contribution >= 0.6 is 45.2 Å². The molecule has 0 unspecified atom stereocenters. The monoisotopic (exact) mass is 564 g/mol. The van der Waals surface area contributed by atoms with Gasteiger partial charge >= 0.3 is 0 Å². The van der Waals surface area contributed by atoms with Crippen LogP contribution in [0.2, 0.25) is 0 Å². The summed E-state index contributed by atoms with van der Waals surface area (Å²) in [5, 5.41) is 6.14. The number of methoxy groups -OCH3 is 1. The molecule has 0 saturated carbocycles. The molecule has 0 aliphatic carbocycles. The molecule has 0 fully saturated rings. The number of hydrogen-bond donors (Lipinski definition) is 2. The lowest BCUT2D eigenvalue weighted by atomic mass is 10.0. The molecule has 1 atom stereocenters. The molecule has 2 aromatic rings. The number of amides is 1. The highest BCUT2D eigenvalue weighted by Crippen LogP contribution is 2.28. The molecule has 0 heterocycles. The molecule has 0 radical (unpaired) electrons. The maximum atomic E-state index is 12.5. The average Bonchev–Trinajstić information content (AvgIpc) is 2.60. The van der Waals surface area contributed by atoms with Crippen LogP contribution in [0.4, 0.5) is 0 Å². The van der Waals surface area contributed by atoms with Crippen molar-refractivity contribution in [2.24, 2.45) is 0 Å². The minimum absolute atomic E-state index is 0.0271. The number of carbonyl (C=O) groups excluding carboxylic acids is 1. The number of carbonyl (C=O) groups is 1. The van der Waals surface area contributed by atoms with Gasteiger partial charge in [-0.2, -0.15) is 0 Å². The summed E-state index contributed by atoms with van der Waals surface area (Å²) in [6.07, 6.45) is 1.48. The lowest BCUT2D eigenvalue weighted by Gasteiger charge is -2.17. The van der Waals surface area contributed by atoms with Gasteiger partial charge in [0, 0.05) is 6.54 Å². The van der Waals surface area contributed by atoms with Gasteiger partial charge in [-0.25, -0.2) is 0 Å². The van der Waals surface area contributed by atoms with E-state index in [0.717, 1.165) is 24.9 Å². The minimum atomic E-state index is -0.254. The van der Waals surface area contributed by atoms with E-state index in [-0.39, 0.29) is 11.9 Å². The Hall–Kier alpha value is -0.870. The summed E-state index contributed by atoms with van der Waals surface area (Å²) < 4.78 is 7.51. The summed E-state index contributed by atoms with van der Waals surface area (Å²) in [7, 11) is 3.50. The predicted octanol–water partition coefficient (Wildman–Crippen LogP) is 3.39. The molecule has 1 amide bonds. The van der Waals surface area contributed by atoms with Gasteiger partial charge in [0.15, 0.2) is 0 Å². The van der Waals surface area contributed by atoms with Crippen molar-refractivity contribution in [3.05, 3.63) is 60.7 Å². The fourth-order valence-electron chi connectivity index (χ4n) is 2.58. The van der Waals surface area contributed by atoms with Gasteiger partial charge < -0.3 is 15.4 Å². The fourth-order valence-corrected chi connectivity index (χ4v) is 4.92. The molecule has 4 nitrogen and oxygen atoms in total. The van der Waals surface area contributed by atoms with Gasteiger partial charge in [0.1, 0.15) is 5.75 Å². The second kappa shape index (κ2) is 10.3. The van der Waals surface area contributed by atoms with E-state index in [0.29, 0.717) is 13.0 Å². The third-order valence-corrected chi connectivity index (χ3v) is 5.53. The van der Waals surface area contributed by atoms with Crippen molar-refractivity contribution >= 4 is 51.1 Å². The lowest BCUT2D eigenvalue weighted by molar-refractivity contribution is -0.122. The number of nitrogens with one attached hydrogen (secondary N) is 2. The Bertz CT molecular complexity index is 685. The van der Waals surface area contributed by atoms with E-state index < -0.39 is 0 Å². The van der Waals surface area contributed by atoms with Crippen LogP contribution in [0.5, 0.6) is 5.75 Å². The lowest BCUT2D eigenvalue weighted by Crippen LogP contribution is -2.44. The largest absolute Gasteiger partial charge is 0.495 e. The van der Waals surface area contributed by atoms with E-state index in [4.69, 9.17) is 4.74 Å². The highest BCUT2D eigenvalue weighted by Gasteiger charge is 2.18. The first-order valence-corrected chi connectivity index (χ1v) is 10.2. The summed E-state index contributed by atoms with van der Waals surface area (Å²) in [4.78, 5) is 12.5. The molecule has 2 rings (SSSR count). The van der Waals surface area contributed by atoms with Crippen LogP contribution in [0.25, 0.3) is 0 Å². The Kier molecular flexibility index (Phi) is 8.44. The summed E-state index contributed by atoms with van der Waals surface area (Å²) in [6, 6.07) is 14.1. The second-order valence-corrected chi connectivity index (χ2v) is 7.99. The van der Waals surface area contributed by atoms with Crippen LogP contribution in [0.3, 0.4) is 0 Å². The molecule has 0 saturated heterocycles. The number of halogens is 2. The molecule has 2 aromatic carbocycles. The van der Waals surface area contributed by atoms with Gasteiger partial charge in [-0.05, 0) is 88.3 Å². The SMILES string of the molecule is CN[C@@H](Cc1cc(I)c(OC)c(I)c1)C(=O)NCCc1ccccc1.